The van der Waals surface area contributed by atoms with Gasteiger partial charge in [0, 0.05) is 49.0 Å². The van der Waals surface area contributed by atoms with Gasteiger partial charge in [0.05, 0.1) is 17.7 Å². The second kappa shape index (κ2) is 6.60. The van der Waals surface area contributed by atoms with E-state index in [1.54, 1.807) is 18.4 Å². The highest BCUT2D eigenvalue weighted by Crippen LogP contribution is 2.36. The Hall–Kier alpha value is -2.38. The predicted octanol–water partition coefficient (Wildman–Crippen LogP) is 4.20. The number of nitrogens with one attached hydrogen (secondary N) is 1. The Morgan fingerprint density at radius 1 is 1.14 bits per heavy atom. The quantitative estimate of drug-likeness (QED) is 0.565. The highest BCUT2D eigenvalue weighted by Gasteiger charge is 2.26. The van der Waals surface area contributed by atoms with Gasteiger partial charge in [0.2, 0.25) is 0 Å². The average Bonchev–Trinajstić information content (AvgIpc) is 3.31. The zero-order valence-corrected chi connectivity index (χ0v) is 17.5. The number of piperidine rings is 1. The van der Waals surface area contributed by atoms with Crippen LogP contribution in [0.2, 0.25) is 0 Å². The zero-order chi connectivity index (χ0) is 19.4. The van der Waals surface area contributed by atoms with Gasteiger partial charge in [0.25, 0.3) is 0 Å². The van der Waals surface area contributed by atoms with Crippen molar-refractivity contribution in [1.29, 1.82) is 0 Å². The molecule has 2 atom stereocenters. The molecule has 28 heavy (non-hydrogen) atoms. The molecule has 1 aliphatic heterocycles. The van der Waals surface area contributed by atoms with E-state index in [2.05, 4.69) is 53.2 Å². The zero-order valence-electron chi connectivity index (χ0n) is 16.6. The van der Waals surface area contributed by atoms with Gasteiger partial charge in [-0.1, -0.05) is 11.3 Å². The van der Waals surface area contributed by atoms with E-state index < -0.39 is 0 Å². The highest BCUT2D eigenvalue weighted by molar-refractivity contribution is 7.20. The van der Waals surface area contributed by atoms with Crippen LogP contribution in [0.15, 0.2) is 30.7 Å². The minimum atomic E-state index is 0.536. The number of methoxy groups -OCH3 is 1. The van der Waals surface area contributed by atoms with Crippen LogP contribution in [-0.2, 0) is 7.05 Å². The molecule has 1 fully saturated rings. The van der Waals surface area contributed by atoms with Crippen molar-refractivity contribution < 1.29 is 4.74 Å². The maximum atomic E-state index is 5.58. The van der Waals surface area contributed by atoms with E-state index in [4.69, 9.17) is 9.72 Å². The lowest BCUT2D eigenvalue weighted by molar-refractivity contribution is 0.314. The fourth-order valence-corrected chi connectivity index (χ4v) is 5.44. The highest BCUT2D eigenvalue weighted by atomic mass is 32.1. The molecular formula is C21H25N5OS. The average molecular weight is 396 g/mol. The number of aromatic nitrogens is 4. The van der Waals surface area contributed by atoms with E-state index >= 15 is 0 Å². The number of aryl methyl sites for hydroxylation is 1. The molecule has 1 N–H and O–H groups in total. The van der Waals surface area contributed by atoms with E-state index in [1.807, 2.05) is 17.9 Å². The van der Waals surface area contributed by atoms with Crippen LogP contribution in [-0.4, -0.2) is 38.4 Å². The van der Waals surface area contributed by atoms with Crippen LogP contribution in [0.4, 0.5) is 0 Å². The predicted molar refractivity (Wildman–Crippen MR) is 113 cm³/mol. The van der Waals surface area contributed by atoms with Crippen LogP contribution in [0, 0.1) is 0 Å². The molecule has 0 unspecified atom stereocenters. The smallest absolute Gasteiger partial charge is 0.194 e. The third-order valence-electron chi connectivity index (χ3n) is 5.63. The van der Waals surface area contributed by atoms with Crippen molar-refractivity contribution in [3.05, 3.63) is 36.4 Å². The number of ether oxygens (including phenoxy) is 1. The molecule has 1 saturated heterocycles. The van der Waals surface area contributed by atoms with Gasteiger partial charge in [-0.15, -0.1) is 0 Å². The summed E-state index contributed by atoms with van der Waals surface area (Å²) in [6.45, 7) is 4.53. The van der Waals surface area contributed by atoms with E-state index in [1.165, 1.54) is 10.6 Å². The van der Waals surface area contributed by atoms with Crippen molar-refractivity contribution in [2.24, 2.45) is 7.05 Å². The van der Waals surface area contributed by atoms with Crippen molar-refractivity contribution in [3.63, 3.8) is 0 Å². The number of thiazole rings is 1. The van der Waals surface area contributed by atoms with Gasteiger partial charge in [-0.3, -0.25) is 9.08 Å². The largest absolute Gasteiger partial charge is 0.494 e. The molecule has 5 rings (SSSR count). The van der Waals surface area contributed by atoms with Crippen LogP contribution in [0.5, 0.6) is 5.75 Å². The van der Waals surface area contributed by atoms with Gasteiger partial charge in [0.15, 0.2) is 4.96 Å². The Labute approximate surface area is 168 Å². The Balaban J connectivity index is 1.51. The summed E-state index contributed by atoms with van der Waals surface area (Å²) >= 11 is 1.72. The van der Waals surface area contributed by atoms with Crippen molar-refractivity contribution in [3.8, 4) is 16.2 Å². The van der Waals surface area contributed by atoms with E-state index in [0.29, 0.717) is 18.0 Å². The maximum Gasteiger partial charge on any atom is 0.194 e. The monoisotopic (exact) mass is 395 g/mol. The normalized spacial score (nSPS) is 22.9. The molecule has 7 heteroatoms. The third-order valence-corrected chi connectivity index (χ3v) is 6.68. The molecule has 0 saturated carbocycles. The molecule has 0 aliphatic carbocycles. The lowest BCUT2D eigenvalue weighted by Gasteiger charge is -2.32. The molecule has 146 valence electrons. The molecule has 4 aromatic rings. The summed E-state index contributed by atoms with van der Waals surface area (Å²) in [5.74, 6) is 1.34. The van der Waals surface area contributed by atoms with Gasteiger partial charge in [0.1, 0.15) is 11.3 Å². The summed E-state index contributed by atoms with van der Waals surface area (Å²) < 4.78 is 9.58. The first-order chi connectivity index (χ1) is 13.5. The first kappa shape index (κ1) is 17.7. The number of imidazole rings is 1. The Bertz CT molecular complexity index is 1120. The fourth-order valence-electron chi connectivity index (χ4n) is 4.48. The molecule has 1 aromatic carbocycles. The summed E-state index contributed by atoms with van der Waals surface area (Å²) in [5.41, 5.74) is 3.25. The molecule has 3 aromatic heterocycles. The van der Waals surface area contributed by atoms with Crippen molar-refractivity contribution in [2.75, 3.05) is 7.11 Å². The molecule has 0 amide bonds. The number of fused-ring (bicyclic) bond motifs is 2. The molecular weight excluding hydrogens is 370 g/mol. The van der Waals surface area contributed by atoms with Crippen LogP contribution < -0.4 is 10.1 Å². The number of benzene rings is 1. The minimum absolute atomic E-state index is 0.536. The van der Waals surface area contributed by atoms with Gasteiger partial charge >= 0.3 is 0 Å². The van der Waals surface area contributed by atoms with Crippen molar-refractivity contribution in [1.82, 2.24) is 24.5 Å². The van der Waals surface area contributed by atoms with Crippen LogP contribution in [0.3, 0.4) is 0 Å². The minimum Gasteiger partial charge on any atom is -0.494 e. The second-order valence-electron chi connectivity index (χ2n) is 8.01. The van der Waals surface area contributed by atoms with Crippen LogP contribution in [0.25, 0.3) is 26.3 Å². The summed E-state index contributed by atoms with van der Waals surface area (Å²) in [6, 6.07) is 5.33. The van der Waals surface area contributed by atoms with Crippen molar-refractivity contribution in [2.45, 2.75) is 44.7 Å². The fraction of sp³-hybridized carbons (Fsp3) is 0.429. The molecule has 1 aliphatic rings. The standard InChI is InChI=1S/C21H25N5OS/c1-12-5-14(6-13(2)22-12)17-10-26-11-19(28-21(26)23-17)15-7-16-9-25(3)24-20(16)18(8-15)27-4/h7-14,22H,5-6H2,1-4H3/t12-,13-/m1/s1. The Morgan fingerprint density at radius 3 is 2.64 bits per heavy atom. The number of rotatable bonds is 3. The molecule has 0 spiro atoms. The first-order valence-electron chi connectivity index (χ1n) is 9.76. The summed E-state index contributed by atoms with van der Waals surface area (Å²) in [6.07, 6.45) is 8.72. The summed E-state index contributed by atoms with van der Waals surface area (Å²) in [5, 5.41) is 9.20. The summed E-state index contributed by atoms with van der Waals surface area (Å²) in [7, 11) is 3.63. The first-order valence-corrected chi connectivity index (χ1v) is 10.6. The van der Waals surface area contributed by atoms with E-state index in [9.17, 15) is 0 Å². The van der Waals surface area contributed by atoms with Crippen LogP contribution in [0.1, 0.15) is 38.3 Å². The molecule has 0 bridgehead atoms. The van der Waals surface area contributed by atoms with E-state index in [0.717, 1.165) is 40.0 Å². The van der Waals surface area contributed by atoms with Crippen LogP contribution >= 0.6 is 11.3 Å². The van der Waals surface area contributed by atoms with Gasteiger partial charge < -0.3 is 10.1 Å². The number of hydrogen-bond acceptors (Lipinski definition) is 5. The van der Waals surface area contributed by atoms with E-state index in [-0.39, 0.29) is 0 Å². The SMILES string of the molecule is COc1cc(-c2cn3cc(C4C[C@@H](C)N[C@H](C)C4)nc3s2)cc2cn(C)nc12. The second-order valence-corrected chi connectivity index (χ2v) is 9.02. The Morgan fingerprint density at radius 2 is 1.93 bits per heavy atom. The lowest BCUT2D eigenvalue weighted by atomic mass is 9.87. The Kier molecular flexibility index (Phi) is 4.17. The lowest BCUT2D eigenvalue weighted by Crippen LogP contribution is -2.41. The number of hydrogen-bond donors (Lipinski definition) is 1. The topological polar surface area (TPSA) is 56.4 Å². The van der Waals surface area contributed by atoms with Crippen molar-refractivity contribution >= 4 is 27.2 Å². The summed E-state index contributed by atoms with van der Waals surface area (Å²) in [4.78, 5) is 7.20. The maximum absolute atomic E-state index is 5.58. The molecule has 6 nitrogen and oxygen atoms in total. The van der Waals surface area contributed by atoms with Gasteiger partial charge in [-0.25, -0.2) is 4.98 Å². The van der Waals surface area contributed by atoms with Gasteiger partial charge in [-0.05, 0) is 44.4 Å². The third kappa shape index (κ3) is 2.99. The molecule has 0 radical (unpaired) electrons. The molecule has 4 heterocycles. The number of nitrogens with zero attached hydrogens (tertiary/aromatic N) is 4. The van der Waals surface area contributed by atoms with Gasteiger partial charge in [-0.2, -0.15) is 5.10 Å².